The molecular weight excluding hydrogens is 278 g/mol. The van der Waals surface area contributed by atoms with E-state index < -0.39 is 10.0 Å². The Balaban J connectivity index is 2.26. The standard InChI is InChI=1S/C9H12ClN5O2S/c1-6(2-10)3-18(16,17)15-9-7-8(12-4-11-7)13-5-14-9/h4-6H,2-3H2,1H3,(H2,11,12,13,14,15). The first kappa shape index (κ1) is 13.0. The van der Waals surface area contributed by atoms with Crippen LogP contribution in [0.15, 0.2) is 12.7 Å². The summed E-state index contributed by atoms with van der Waals surface area (Å²) in [4.78, 5) is 14.5. The van der Waals surface area contributed by atoms with Crippen LogP contribution in [0.1, 0.15) is 6.92 Å². The minimum absolute atomic E-state index is 0.0594. The van der Waals surface area contributed by atoms with Gasteiger partial charge >= 0.3 is 0 Å². The number of H-pyrrole nitrogens is 1. The first-order valence-corrected chi connectivity index (χ1v) is 7.41. The molecule has 0 aromatic carbocycles. The minimum atomic E-state index is -3.49. The monoisotopic (exact) mass is 289 g/mol. The zero-order chi connectivity index (χ0) is 13.2. The second-order valence-electron chi connectivity index (χ2n) is 3.97. The summed E-state index contributed by atoms with van der Waals surface area (Å²) < 4.78 is 26.1. The second-order valence-corrected chi connectivity index (χ2v) is 6.04. The Morgan fingerprint density at radius 3 is 2.94 bits per heavy atom. The smallest absolute Gasteiger partial charge is 0.234 e. The van der Waals surface area contributed by atoms with Gasteiger partial charge < -0.3 is 4.98 Å². The van der Waals surface area contributed by atoms with Crippen LogP contribution in [-0.2, 0) is 10.0 Å². The number of anilines is 1. The Labute approximate surface area is 109 Å². The number of sulfonamides is 1. The van der Waals surface area contributed by atoms with Crippen molar-refractivity contribution in [3.05, 3.63) is 12.7 Å². The molecule has 0 bridgehead atoms. The first-order chi connectivity index (χ1) is 8.52. The van der Waals surface area contributed by atoms with Gasteiger partial charge in [-0.3, -0.25) is 4.72 Å². The highest BCUT2D eigenvalue weighted by atomic mass is 35.5. The first-order valence-electron chi connectivity index (χ1n) is 5.22. The van der Waals surface area contributed by atoms with Gasteiger partial charge in [0.05, 0.1) is 12.1 Å². The molecule has 2 rings (SSSR count). The molecule has 2 heterocycles. The molecule has 2 N–H and O–H groups in total. The molecule has 98 valence electrons. The molecular formula is C9H12ClN5O2S. The average Bonchev–Trinajstić information content (AvgIpc) is 2.77. The molecule has 7 nitrogen and oxygen atoms in total. The van der Waals surface area contributed by atoms with Crippen LogP contribution in [0.5, 0.6) is 0 Å². The molecule has 0 amide bonds. The van der Waals surface area contributed by atoms with E-state index in [1.54, 1.807) is 6.92 Å². The maximum Gasteiger partial charge on any atom is 0.234 e. The second kappa shape index (κ2) is 5.07. The minimum Gasteiger partial charge on any atom is -0.340 e. The van der Waals surface area contributed by atoms with Crippen LogP contribution in [0.25, 0.3) is 11.2 Å². The molecule has 9 heteroatoms. The summed E-state index contributed by atoms with van der Waals surface area (Å²) >= 11 is 5.60. The van der Waals surface area contributed by atoms with Gasteiger partial charge in [-0.25, -0.2) is 23.4 Å². The van der Waals surface area contributed by atoms with Crippen LogP contribution in [0, 0.1) is 5.92 Å². The summed E-state index contributed by atoms with van der Waals surface area (Å²) in [5, 5.41) is 0. The molecule has 0 aliphatic heterocycles. The van der Waals surface area contributed by atoms with E-state index >= 15 is 0 Å². The Kier molecular flexibility index (Phi) is 3.67. The van der Waals surface area contributed by atoms with Gasteiger partial charge in [0.1, 0.15) is 11.8 Å². The Morgan fingerprint density at radius 2 is 2.22 bits per heavy atom. The van der Waals surface area contributed by atoms with Crippen LogP contribution < -0.4 is 4.72 Å². The largest absolute Gasteiger partial charge is 0.340 e. The topological polar surface area (TPSA) is 101 Å². The van der Waals surface area contributed by atoms with Crippen molar-refractivity contribution >= 4 is 38.6 Å². The Morgan fingerprint density at radius 1 is 1.44 bits per heavy atom. The summed E-state index contributed by atoms with van der Waals surface area (Å²) in [7, 11) is -3.49. The quantitative estimate of drug-likeness (QED) is 0.799. The summed E-state index contributed by atoms with van der Waals surface area (Å²) in [6.07, 6.45) is 2.69. The SMILES string of the molecule is CC(CCl)CS(=O)(=O)Nc1ncnc2nc[nH]c12. The fourth-order valence-corrected chi connectivity index (χ4v) is 3.09. The van der Waals surface area contributed by atoms with Gasteiger partial charge in [-0.15, -0.1) is 11.6 Å². The molecule has 1 unspecified atom stereocenters. The van der Waals surface area contributed by atoms with Crippen molar-refractivity contribution < 1.29 is 8.42 Å². The third-order valence-corrected chi connectivity index (χ3v) is 4.28. The van der Waals surface area contributed by atoms with Gasteiger partial charge in [-0.1, -0.05) is 6.92 Å². The van der Waals surface area contributed by atoms with E-state index in [2.05, 4.69) is 24.7 Å². The van der Waals surface area contributed by atoms with Crippen molar-refractivity contribution in [2.24, 2.45) is 5.92 Å². The number of alkyl halides is 1. The summed E-state index contributed by atoms with van der Waals surface area (Å²) in [5.41, 5.74) is 0.868. The van der Waals surface area contributed by atoms with E-state index in [9.17, 15) is 8.42 Å². The Hall–Kier alpha value is -1.41. The Bertz CT molecular complexity index is 641. The normalized spacial score (nSPS) is 13.7. The number of halogens is 1. The van der Waals surface area contributed by atoms with Crippen LogP contribution in [-0.4, -0.2) is 40.0 Å². The van der Waals surface area contributed by atoms with Crippen molar-refractivity contribution in [2.45, 2.75) is 6.92 Å². The lowest BCUT2D eigenvalue weighted by molar-refractivity contribution is 0.588. The number of hydrogen-bond acceptors (Lipinski definition) is 5. The number of nitrogens with zero attached hydrogens (tertiary/aromatic N) is 3. The lowest BCUT2D eigenvalue weighted by Crippen LogP contribution is -2.22. The van der Waals surface area contributed by atoms with Gasteiger partial charge in [0.25, 0.3) is 0 Å². The summed E-state index contributed by atoms with van der Waals surface area (Å²) in [6.45, 7) is 1.76. The van der Waals surface area contributed by atoms with E-state index in [1.807, 2.05) is 0 Å². The predicted octanol–water partition coefficient (Wildman–Crippen LogP) is 0.970. The van der Waals surface area contributed by atoms with Crippen LogP contribution in [0.2, 0.25) is 0 Å². The highest BCUT2D eigenvalue weighted by Gasteiger charge is 2.17. The van der Waals surface area contributed by atoms with E-state index in [4.69, 9.17) is 11.6 Å². The predicted molar refractivity (Wildman–Crippen MR) is 69.0 cm³/mol. The van der Waals surface area contributed by atoms with Gasteiger partial charge in [0, 0.05) is 5.88 Å². The van der Waals surface area contributed by atoms with Crippen molar-refractivity contribution in [3.8, 4) is 0 Å². The van der Waals surface area contributed by atoms with Gasteiger partial charge in [0.2, 0.25) is 10.0 Å². The zero-order valence-corrected chi connectivity index (χ0v) is 11.2. The van der Waals surface area contributed by atoms with Crippen LogP contribution in [0.4, 0.5) is 5.82 Å². The molecule has 0 fully saturated rings. The highest BCUT2D eigenvalue weighted by molar-refractivity contribution is 7.92. The van der Waals surface area contributed by atoms with Crippen LogP contribution in [0.3, 0.4) is 0 Å². The summed E-state index contributed by atoms with van der Waals surface area (Å²) in [5.74, 6) is 0.280. The third-order valence-electron chi connectivity index (χ3n) is 2.24. The van der Waals surface area contributed by atoms with E-state index in [-0.39, 0.29) is 23.4 Å². The van der Waals surface area contributed by atoms with Crippen molar-refractivity contribution in [3.63, 3.8) is 0 Å². The molecule has 2 aromatic heterocycles. The number of aromatic amines is 1. The van der Waals surface area contributed by atoms with Crippen molar-refractivity contribution in [2.75, 3.05) is 16.4 Å². The third kappa shape index (κ3) is 2.88. The number of fused-ring (bicyclic) bond motifs is 1. The van der Waals surface area contributed by atoms with Gasteiger partial charge in [-0.2, -0.15) is 0 Å². The molecule has 0 spiro atoms. The van der Waals surface area contributed by atoms with Gasteiger partial charge in [0.15, 0.2) is 11.5 Å². The van der Waals surface area contributed by atoms with E-state index in [0.29, 0.717) is 11.2 Å². The zero-order valence-electron chi connectivity index (χ0n) is 9.59. The molecule has 0 aliphatic carbocycles. The number of nitrogens with one attached hydrogen (secondary N) is 2. The number of rotatable bonds is 5. The van der Waals surface area contributed by atoms with Crippen molar-refractivity contribution in [1.82, 2.24) is 19.9 Å². The fourth-order valence-electron chi connectivity index (χ4n) is 1.45. The maximum atomic E-state index is 11.9. The van der Waals surface area contributed by atoms with Crippen molar-refractivity contribution in [1.29, 1.82) is 0 Å². The van der Waals surface area contributed by atoms with E-state index in [1.165, 1.54) is 12.7 Å². The number of hydrogen-bond donors (Lipinski definition) is 2. The lowest BCUT2D eigenvalue weighted by Gasteiger charge is -2.10. The molecule has 0 radical (unpaired) electrons. The lowest BCUT2D eigenvalue weighted by atomic mass is 10.3. The molecule has 0 saturated carbocycles. The highest BCUT2D eigenvalue weighted by Crippen LogP contribution is 2.16. The molecule has 0 saturated heterocycles. The molecule has 1 atom stereocenters. The summed E-state index contributed by atoms with van der Waals surface area (Å²) in [6, 6.07) is 0. The molecule has 2 aromatic rings. The molecule has 18 heavy (non-hydrogen) atoms. The van der Waals surface area contributed by atoms with Gasteiger partial charge in [-0.05, 0) is 5.92 Å². The molecule has 0 aliphatic rings. The van der Waals surface area contributed by atoms with E-state index in [0.717, 1.165) is 0 Å². The number of imidazole rings is 1. The maximum absolute atomic E-state index is 11.9. The number of aromatic nitrogens is 4. The average molecular weight is 290 g/mol. The van der Waals surface area contributed by atoms with Crippen LogP contribution >= 0.6 is 11.6 Å². The fraction of sp³-hybridized carbons (Fsp3) is 0.444.